The first kappa shape index (κ1) is 18.7. The highest BCUT2D eigenvalue weighted by molar-refractivity contribution is 6.31. The number of halogens is 1. The maximum Gasteiger partial charge on any atom is 0.220 e. The van der Waals surface area contributed by atoms with Gasteiger partial charge in [0.25, 0.3) is 0 Å². The highest BCUT2D eigenvalue weighted by atomic mass is 35.5. The molecule has 26 heavy (non-hydrogen) atoms. The number of benzene rings is 2. The molecule has 1 aliphatic heterocycles. The van der Waals surface area contributed by atoms with E-state index in [0.29, 0.717) is 17.4 Å². The van der Waals surface area contributed by atoms with Gasteiger partial charge in [-0.25, -0.2) is 0 Å². The van der Waals surface area contributed by atoms with Gasteiger partial charge in [0.2, 0.25) is 5.91 Å². The van der Waals surface area contributed by atoms with Gasteiger partial charge in [-0.1, -0.05) is 48.0 Å². The smallest absolute Gasteiger partial charge is 0.220 e. The van der Waals surface area contributed by atoms with Gasteiger partial charge in [-0.3, -0.25) is 4.79 Å². The van der Waals surface area contributed by atoms with Gasteiger partial charge in [0, 0.05) is 17.0 Å². The summed E-state index contributed by atoms with van der Waals surface area (Å²) < 4.78 is 5.51. The van der Waals surface area contributed by atoms with Crippen molar-refractivity contribution in [2.45, 2.75) is 25.3 Å². The first-order valence-corrected chi connectivity index (χ1v) is 9.44. The van der Waals surface area contributed by atoms with E-state index in [1.54, 1.807) is 7.11 Å². The van der Waals surface area contributed by atoms with Gasteiger partial charge in [0.1, 0.15) is 5.75 Å². The van der Waals surface area contributed by atoms with Crippen LogP contribution in [0.3, 0.4) is 0 Å². The van der Waals surface area contributed by atoms with Gasteiger partial charge in [0.15, 0.2) is 0 Å². The predicted octanol–water partition coefficient (Wildman–Crippen LogP) is 3.94. The Labute approximate surface area is 159 Å². The highest BCUT2D eigenvalue weighted by Crippen LogP contribution is 2.33. The number of para-hydroxylation sites is 1. The number of nitrogens with one attached hydrogen (secondary N) is 2. The number of methoxy groups -OCH3 is 1. The first-order valence-electron chi connectivity index (χ1n) is 9.06. The standard InChI is InChI=1S/C21H25ClN2O2/c1-26-19-9-5-3-7-17(19)21(16-6-2-4-8-18(16)22)24-20(25)11-10-15-12-13-23-14-15/h2-9,15,21,23H,10-14H2,1H3,(H,24,25). The lowest BCUT2D eigenvalue weighted by molar-refractivity contribution is -0.121. The molecule has 2 atom stereocenters. The Kier molecular flexibility index (Phi) is 6.53. The summed E-state index contributed by atoms with van der Waals surface area (Å²) in [6, 6.07) is 15.0. The van der Waals surface area contributed by atoms with Crippen LogP contribution in [0, 0.1) is 5.92 Å². The van der Waals surface area contributed by atoms with Crippen LogP contribution in [0.25, 0.3) is 0 Å². The van der Waals surface area contributed by atoms with Crippen LogP contribution in [0.4, 0.5) is 0 Å². The summed E-state index contributed by atoms with van der Waals surface area (Å²) in [5, 5.41) is 7.14. The van der Waals surface area contributed by atoms with Gasteiger partial charge >= 0.3 is 0 Å². The van der Waals surface area contributed by atoms with Crippen LogP contribution in [-0.4, -0.2) is 26.1 Å². The lowest BCUT2D eigenvalue weighted by Gasteiger charge is -2.23. The molecule has 0 bridgehead atoms. The molecule has 0 radical (unpaired) electrons. The maximum atomic E-state index is 12.7. The van der Waals surface area contributed by atoms with Crippen molar-refractivity contribution in [1.82, 2.24) is 10.6 Å². The second-order valence-electron chi connectivity index (χ2n) is 6.66. The van der Waals surface area contributed by atoms with E-state index in [-0.39, 0.29) is 11.9 Å². The van der Waals surface area contributed by atoms with Crippen molar-refractivity contribution in [2.75, 3.05) is 20.2 Å². The summed E-state index contributed by atoms with van der Waals surface area (Å²) in [6.45, 7) is 2.06. The van der Waals surface area contributed by atoms with Gasteiger partial charge in [-0.05, 0) is 49.5 Å². The molecule has 0 aliphatic carbocycles. The third kappa shape index (κ3) is 4.57. The molecule has 5 heteroatoms. The summed E-state index contributed by atoms with van der Waals surface area (Å²) in [6.07, 6.45) is 2.57. The Hall–Kier alpha value is -2.04. The molecule has 2 unspecified atom stereocenters. The molecule has 138 valence electrons. The van der Waals surface area contributed by atoms with Crippen molar-refractivity contribution in [1.29, 1.82) is 0 Å². The second-order valence-corrected chi connectivity index (χ2v) is 7.07. The molecular formula is C21H25ClN2O2. The summed E-state index contributed by atoms with van der Waals surface area (Å²) in [4.78, 5) is 12.7. The average molecular weight is 373 g/mol. The van der Waals surface area contributed by atoms with Crippen molar-refractivity contribution in [2.24, 2.45) is 5.92 Å². The van der Waals surface area contributed by atoms with Crippen molar-refractivity contribution in [3.05, 3.63) is 64.7 Å². The Morgan fingerprint density at radius 2 is 1.96 bits per heavy atom. The lowest BCUT2D eigenvalue weighted by atomic mass is 9.96. The molecule has 1 heterocycles. The minimum atomic E-state index is -0.339. The van der Waals surface area contributed by atoms with E-state index in [9.17, 15) is 4.79 Å². The second kappa shape index (κ2) is 9.06. The zero-order chi connectivity index (χ0) is 18.4. The molecule has 1 amide bonds. The topological polar surface area (TPSA) is 50.4 Å². The molecule has 1 fully saturated rings. The highest BCUT2D eigenvalue weighted by Gasteiger charge is 2.23. The summed E-state index contributed by atoms with van der Waals surface area (Å²) in [7, 11) is 1.64. The molecule has 1 saturated heterocycles. The summed E-state index contributed by atoms with van der Waals surface area (Å²) in [5.74, 6) is 1.36. The zero-order valence-electron chi connectivity index (χ0n) is 15.0. The Morgan fingerprint density at radius 1 is 1.23 bits per heavy atom. The number of ether oxygens (including phenoxy) is 1. The van der Waals surface area contributed by atoms with E-state index in [2.05, 4.69) is 10.6 Å². The first-order chi connectivity index (χ1) is 12.7. The van der Waals surface area contributed by atoms with Crippen LogP contribution in [0.2, 0.25) is 5.02 Å². The predicted molar refractivity (Wildman–Crippen MR) is 105 cm³/mol. The van der Waals surface area contributed by atoms with Crippen LogP contribution in [0.5, 0.6) is 5.75 Å². The molecule has 2 N–H and O–H groups in total. The van der Waals surface area contributed by atoms with E-state index >= 15 is 0 Å². The average Bonchev–Trinajstić information content (AvgIpc) is 3.19. The van der Waals surface area contributed by atoms with Crippen molar-refractivity contribution >= 4 is 17.5 Å². The van der Waals surface area contributed by atoms with Gasteiger partial charge in [-0.2, -0.15) is 0 Å². The molecule has 0 spiro atoms. The van der Waals surface area contributed by atoms with Gasteiger partial charge in [-0.15, -0.1) is 0 Å². The third-order valence-corrected chi connectivity index (χ3v) is 5.26. The number of carbonyl (C=O) groups excluding carboxylic acids is 1. The molecule has 1 aliphatic rings. The van der Waals surface area contributed by atoms with Crippen LogP contribution in [0.15, 0.2) is 48.5 Å². The largest absolute Gasteiger partial charge is 0.496 e. The van der Waals surface area contributed by atoms with Crippen LogP contribution in [0.1, 0.15) is 36.4 Å². The number of rotatable bonds is 7. The zero-order valence-corrected chi connectivity index (χ0v) is 15.8. The van der Waals surface area contributed by atoms with Crippen molar-refractivity contribution < 1.29 is 9.53 Å². The fourth-order valence-electron chi connectivity index (χ4n) is 3.47. The molecule has 2 aromatic rings. The maximum absolute atomic E-state index is 12.7. The molecule has 3 rings (SSSR count). The minimum Gasteiger partial charge on any atom is -0.496 e. The SMILES string of the molecule is COc1ccccc1C(NC(=O)CCC1CCNC1)c1ccccc1Cl. The number of carbonyl (C=O) groups is 1. The Balaban J connectivity index is 1.81. The van der Waals surface area contributed by atoms with E-state index in [0.717, 1.165) is 42.8 Å². The van der Waals surface area contributed by atoms with E-state index < -0.39 is 0 Å². The number of hydrogen-bond donors (Lipinski definition) is 2. The van der Waals surface area contributed by atoms with Crippen LogP contribution >= 0.6 is 11.6 Å². The summed E-state index contributed by atoms with van der Waals surface area (Å²) in [5.41, 5.74) is 1.77. The van der Waals surface area contributed by atoms with Crippen molar-refractivity contribution in [3.63, 3.8) is 0 Å². The van der Waals surface area contributed by atoms with Crippen LogP contribution < -0.4 is 15.4 Å². The number of amides is 1. The number of hydrogen-bond acceptors (Lipinski definition) is 3. The van der Waals surface area contributed by atoms with E-state index in [1.165, 1.54) is 0 Å². The molecular weight excluding hydrogens is 348 g/mol. The van der Waals surface area contributed by atoms with Gasteiger partial charge in [0.05, 0.1) is 13.2 Å². The fourth-order valence-corrected chi connectivity index (χ4v) is 3.71. The molecule has 0 aromatic heterocycles. The lowest BCUT2D eigenvalue weighted by Crippen LogP contribution is -2.30. The Bertz CT molecular complexity index is 744. The monoisotopic (exact) mass is 372 g/mol. The molecule has 2 aromatic carbocycles. The third-order valence-electron chi connectivity index (χ3n) is 4.91. The van der Waals surface area contributed by atoms with Gasteiger partial charge < -0.3 is 15.4 Å². The van der Waals surface area contributed by atoms with Crippen LogP contribution in [-0.2, 0) is 4.79 Å². The van der Waals surface area contributed by atoms with E-state index in [1.807, 2.05) is 48.5 Å². The quantitative estimate of drug-likeness (QED) is 0.773. The summed E-state index contributed by atoms with van der Waals surface area (Å²) >= 11 is 6.43. The minimum absolute atomic E-state index is 0.0349. The fraction of sp³-hybridized carbons (Fsp3) is 0.381. The van der Waals surface area contributed by atoms with E-state index in [4.69, 9.17) is 16.3 Å². The molecule has 4 nitrogen and oxygen atoms in total. The molecule has 0 saturated carbocycles. The Morgan fingerprint density at radius 3 is 2.65 bits per heavy atom. The normalized spacial score (nSPS) is 17.7. The van der Waals surface area contributed by atoms with Crippen molar-refractivity contribution in [3.8, 4) is 5.75 Å².